The molecule has 0 saturated carbocycles. The minimum Gasteiger partial charge on any atom is -0.459 e. The van der Waals surface area contributed by atoms with E-state index >= 15 is 4.39 Å². The van der Waals surface area contributed by atoms with Crippen LogP contribution in [0, 0.1) is 17.5 Å². The summed E-state index contributed by atoms with van der Waals surface area (Å²) >= 11 is 1.34. The number of anilines is 2. The number of ether oxygens (including phenoxy) is 4. The number of benzene rings is 2. The van der Waals surface area contributed by atoms with Crippen molar-refractivity contribution in [3.63, 3.8) is 0 Å². The van der Waals surface area contributed by atoms with Crippen molar-refractivity contribution in [2.45, 2.75) is 32.1 Å². The maximum Gasteiger partial charge on any atom is 0.262 e. The standard InChI is InChI=1S/C34H35F3N6O9S/c1-18(44)39-16-28(52-30-19(2-3-22(35)29(30)37)25-17-53-34(40-25)42-7-10-50-11-8-42)51-13-12-49-9-6-38-24-15-21-20(14-23(24)36)32(47)43(33(21)48)26-4-5-27(45)41-31(26)46/h2-3,14-15,17,26,28,38H,4-13,16H2,1H3,(H,39,44)(H,41,45,46). The van der Waals surface area contributed by atoms with Crippen molar-refractivity contribution in [3.8, 4) is 17.0 Å². The molecular formula is C34H35F3N6O9S. The third-order valence-corrected chi connectivity index (χ3v) is 9.39. The molecule has 2 fully saturated rings. The number of carbonyl (C=O) groups excluding carboxylic acids is 5. The van der Waals surface area contributed by atoms with E-state index in [0.717, 1.165) is 17.0 Å². The fourth-order valence-electron chi connectivity index (χ4n) is 5.85. The number of amides is 5. The van der Waals surface area contributed by atoms with Gasteiger partial charge in [0.05, 0.1) is 62.1 Å². The van der Waals surface area contributed by atoms with Crippen LogP contribution in [0.1, 0.15) is 40.5 Å². The second-order valence-corrected chi connectivity index (χ2v) is 12.9. The first-order valence-corrected chi connectivity index (χ1v) is 17.6. The van der Waals surface area contributed by atoms with Crippen molar-refractivity contribution in [1.82, 2.24) is 20.5 Å². The van der Waals surface area contributed by atoms with Crippen LogP contribution < -0.4 is 25.6 Å². The summed E-state index contributed by atoms with van der Waals surface area (Å²) in [5.41, 5.74) is 0.188. The van der Waals surface area contributed by atoms with E-state index in [1.165, 1.54) is 30.4 Å². The number of nitrogens with zero attached hydrogens (tertiary/aromatic N) is 3. The molecule has 2 aromatic carbocycles. The Morgan fingerprint density at radius 2 is 1.79 bits per heavy atom. The molecular weight excluding hydrogens is 725 g/mol. The van der Waals surface area contributed by atoms with Crippen LogP contribution in [0.2, 0.25) is 0 Å². The van der Waals surface area contributed by atoms with Gasteiger partial charge in [-0.05, 0) is 30.7 Å². The number of nitrogens with one attached hydrogen (secondary N) is 3. The summed E-state index contributed by atoms with van der Waals surface area (Å²) in [6.45, 7) is 3.42. The van der Waals surface area contributed by atoms with Gasteiger partial charge in [0.15, 0.2) is 16.7 Å². The molecule has 282 valence electrons. The van der Waals surface area contributed by atoms with E-state index in [0.29, 0.717) is 37.1 Å². The highest BCUT2D eigenvalue weighted by Crippen LogP contribution is 2.37. The molecule has 3 aliphatic rings. The molecule has 5 amide bonds. The van der Waals surface area contributed by atoms with Gasteiger partial charge in [0.25, 0.3) is 11.8 Å². The predicted octanol–water partition coefficient (Wildman–Crippen LogP) is 2.45. The summed E-state index contributed by atoms with van der Waals surface area (Å²) in [6.07, 6.45) is -1.33. The minimum absolute atomic E-state index is 0.0182. The number of imide groups is 2. The van der Waals surface area contributed by atoms with Crippen LogP contribution in [0.3, 0.4) is 0 Å². The van der Waals surface area contributed by atoms with Crippen molar-refractivity contribution >= 4 is 51.7 Å². The summed E-state index contributed by atoms with van der Waals surface area (Å²) in [7, 11) is 0. The Balaban J connectivity index is 1.02. The normalized spacial score (nSPS) is 17.8. The van der Waals surface area contributed by atoms with Crippen molar-refractivity contribution < 1.29 is 56.1 Å². The largest absolute Gasteiger partial charge is 0.459 e. The van der Waals surface area contributed by atoms with Gasteiger partial charge in [0, 0.05) is 43.9 Å². The number of fused-ring (bicyclic) bond motifs is 1. The Hall–Kier alpha value is -5.11. The molecule has 0 spiro atoms. The molecule has 2 saturated heterocycles. The molecule has 15 nitrogen and oxygen atoms in total. The summed E-state index contributed by atoms with van der Waals surface area (Å²) in [4.78, 5) is 68.8. The first-order chi connectivity index (χ1) is 25.5. The lowest BCUT2D eigenvalue weighted by molar-refractivity contribution is -0.136. The highest BCUT2D eigenvalue weighted by molar-refractivity contribution is 7.14. The minimum atomic E-state index is -1.26. The van der Waals surface area contributed by atoms with Crippen LogP contribution in [0.4, 0.5) is 24.0 Å². The van der Waals surface area contributed by atoms with E-state index in [1.54, 1.807) is 5.38 Å². The fourth-order valence-corrected chi connectivity index (χ4v) is 6.73. The molecule has 0 bridgehead atoms. The summed E-state index contributed by atoms with van der Waals surface area (Å²) < 4.78 is 67.0. The Kier molecular flexibility index (Phi) is 11.9. The third-order valence-electron chi connectivity index (χ3n) is 8.49. The van der Waals surface area contributed by atoms with Crippen LogP contribution >= 0.6 is 11.3 Å². The van der Waals surface area contributed by atoms with E-state index < -0.39 is 65.1 Å². The highest BCUT2D eigenvalue weighted by Gasteiger charge is 2.45. The predicted molar refractivity (Wildman–Crippen MR) is 182 cm³/mol. The second-order valence-electron chi connectivity index (χ2n) is 12.1. The van der Waals surface area contributed by atoms with E-state index in [9.17, 15) is 32.8 Å². The van der Waals surface area contributed by atoms with Gasteiger partial charge in [-0.1, -0.05) is 0 Å². The number of piperidine rings is 1. The number of carbonyl (C=O) groups is 5. The Labute approximate surface area is 304 Å². The Morgan fingerprint density at radius 1 is 1.04 bits per heavy atom. The Morgan fingerprint density at radius 3 is 2.53 bits per heavy atom. The zero-order chi connectivity index (χ0) is 37.6. The quantitative estimate of drug-likeness (QED) is 0.117. The molecule has 4 heterocycles. The van der Waals surface area contributed by atoms with Gasteiger partial charge in [0.2, 0.25) is 29.8 Å². The molecule has 6 rings (SSSR count). The number of rotatable bonds is 15. The smallest absolute Gasteiger partial charge is 0.262 e. The van der Waals surface area contributed by atoms with Crippen LogP contribution in [-0.2, 0) is 28.6 Å². The van der Waals surface area contributed by atoms with Crippen LogP contribution in [-0.4, -0.2) is 111 Å². The van der Waals surface area contributed by atoms with E-state index in [2.05, 4.69) is 20.9 Å². The van der Waals surface area contributed by atoms with Crippen molar-refractivity contribution in [2.24, 2.45) is 0 Å². The number of halogens is 3. The maximum atomic E-state index is 15.2. The number of thiazole rings is 1. The lowest BCUT2D eigenvalue weighted by atomic mass is 10.0. The van der Waals surface area contributed by atoms with Crippen LogP contribution in [0.5, 0.6) is 5.75 Å². The van der Waals surface area contributed by atoms with E-state index in [-0.39, 0.29) is 68.1 Å². The molecule has 53 heavy (non-hydrogen) atoms. The second kappa shape index (κ2) is 16.7. The lowest BCUT2D eigenvalue weighted by Crippen LogP contribution is -2.54. The average molecular weight is 761 g/mol. The van der Waals surface area contributed by atoms with Gasteiger partial charge in [-0.15, -0.1) is 11.3 Å². The van der Waals surface area contributed by atoms with E-state index in [4.69, 9.17) is 18.9 Å². The monoisotopic (exact) mass is 760 g/mol. The van der Waals surface area contributed by atoms with Crippen molar-refractivity contribution in [1.29, 1.82) is 0 Å². The fraction of sp³-hybridized carbons (Fsp3) is 0.412. The topological polar surface area (TPSA) is 178 Å². The summed E-state index contributed by atoms with van der Waals surface area (Å²) in [6, 6.07) is 3.24. The molecule has 3 aliphatic heterocycles. The molecule has 3 aromatic rings. The lowest BCUT2D eigenvalue weighted by Gasteiger charge is -2.27. The third kappa shape index (κ3) is 8.59. The maximum absolute atomic E-state index is 15.2. The molecule has 1 aromatic heterocycles. The number of morpholine rings is 1. The zero-order valence-corrected chi connectivity index (χ0v) is 29.2. The first-order valence-electron chi connectivity index (χ1n) is 16.7. The van der Waals surface area contributed by atoms with Gasteiger partial charge in [-0.3, -0.25) is 34.2 Å². The van der Waals surface area contributed by atoms with E-state index in [1.807, 2.05) is 4.90 Å². The molecule has 0 aliphatic carbocycles. The number of hydrogen-bond acceptors (Lipinski definition) is 13. The van der Waals surface area contributed by atoms with Gasteiger partial charge in [0.1, 0.15) is 11.9 Å². The van der Waals surface area contributed by atoms with Gasteiger partial charge in [-0.25, -0.2) is 13.8 Å². The SMILES string of the molecule is CC(=O)NCC(OCCOCCNc1cc2c(cc1F)C(=O)N(C1CCC(=O)NC1=O)C2=O)Oc1c(-c2csc(N3CCOCC3)n2)ccc(F)c1F. The molecule has 2 atom stereocenters. The highest BCUT2D eigenvalue weighted by atomic mass is 32.1. The van der Waals surface area contributed by atoms with Gasteiger partial charge in [-0.2, -0.15) is 4.39 Å². The number of hydrogen-bond donors (Lipinski definition) is 3. The van der Waals surface area contributed by atoms with Crippen molar-refractivity contribution in [3.05, 3.63) is 58.2 Å². The first kappa shape index (κ1) is 37.6. The molecule has 3 N–H and O–H groups in total. The molecule has 2 unspecified atom stereocenters. The molecule has 19 heteroatoms. The molecule has 0 radical (unpaired) electrons. The van der Waals surface area contributed by atoms with Crippen molar-refractivity contribution in [2.75, 3.05) is 69.4 Å². The summed E-state index contributed by atoms with van der Waals surface area (Å²) in [5, 5.41) is 9.83. The zero-order valence-electron chi connectivity index (χ0n) is 28.4. The van der Waals surface area contributed by atoms with Crippen LogP contribution in [0.15, 0.2) is 29.6 Å². The number of aromatic nitrogens is 1. The van der Waals surface area contributed by atoms with Gasteiger partial charge < -0.3 is 34.5 Å². The van der Waals surface area contributed by atoms with Crippen LogP contribution in [0.25, 0.3) is 11.3 Å². The van der Waals surface area contributed by atoms with Gasteiger partial charge >= 0.3 is 0 Å². The summed E-state index contributed by atoms with van der Waals surface area (Å²) in [5.74, 6) is -6.95. The average Bonchev–Trinajstić information content (AvgIpc) is 3.71. The Bertz CT molecular complexity index is 1910.